The molecule has 0 fully saturated rings. The predicted molar refractivity (Wildman–Crippen MR) is 134 cm³/mol. The van der Waals surface area contributed by atoms with Crippen molar-refractivity contribution in [2.24, 2.45) is 0 Å². The van der Waals surface area contributed by atoms with Gasteiger partial charge in [0.15, 0.2) is 0 Å². The molecule has 0 radical (unpaired) electrons. The van der Waals surface area contributed by atoms with Crippen LogP contribution in [0.25, 0.3) is 16.3 Å². The normalized spacial score (nSPS) is 13.8. The molecule has 0 saturated carbocycles. The molecule has 5 rings (SSSR count). The lowest BCUT2D eigenvalue weighted by Crippen LogP contribution is -2.32. The van der Waals surface area contributed by atoms with Gasteiger partial charge in [-0.25, -0.2) is 4.90 Å². The van der Waals surface area contributed by atoms with Crippen LogP contribution >= 0.6 is 0 Å². The molecular formula is C29H24N2O2. The van der Waals surface area contributed by atoms with Gasteiger partial charge in [-0.15, -0.1) is 0 Å². The Labute approximate surface area is 193 Å². The fourth-order valence-corrected chi connectivity index (χ4v) is 4.42. The van der Waals surface area contributed by atoms with E-state index in [2.05, 4.69) is 5.32 Å². The van der Waals surface area contributed by atoms with Crippen LogP contribution in [-0.4, -0.2) is 11.8 Å². The van der Waals surface area contributed by atoms with Crippen LogP contribution in [0.4, 0.5) is 11.4 Å². The van der Waals surface area contributed by atoms with Gasteiger partial charge >= 0.3 is 0 Å². The first-order valence-electron chi connectivity index (χ1n) is 11.0. The number of rotatable bonds is 4. The third-order valence-corrected chi connectivity index (χ3v) is 5.94. The van der Waals surface area contributed by atoms with E-state index < -0.39 is 0 Å². The molecule has 0 spiro atoms. The summed E-state index contributed by atoms with van der Waals surface area (Å²) in [7, 11) is 0. The van der Waals surface area contributed by atoms with E-state index >= 15 is 0 Å². The van der Waals surface area contributed by atoms with Crippen molar-refractivity contribution < 1.29 is 9.59 Å². The maximum atomic E-state index is 13.7. The second-order valence-electron chi connectivity index (χ2n) is 8.56. The Bertz CT molecular complexity index is 1420. The third-order valence-electron chi connectivity index (χ3n) is 5.94. The van der Waals surface area contributed by atoms with Crippen LogP contribution in [0.15, 0.2) is 90.6 Å². The molecule has 0 saturated heterocycles. The first kappa shape index (κ1) is 20.7. The van der Waals surface area contributed by atoms with Crippen LogP contribution in [0.2, 0.25) is 0 Å². The van der Waals surface area contributed by atoms with E-state index in [-0.39, 0.29) is 11.8 Å². The quantitative estimate of drug-likeness (QED) is 0.393. The van der Waals surface area contributed by atoms with Gasteiger partial charge in [0.1, 0.15) is 5.70 Å². The minimum atomic E-state index is -0.353. The maximum Gasteiger partial charge on any atom is 0.282 e. The molecule has 4 heteroatoms. The molecule has 0 aliphatic carbocycles. The molecular weight excluding hydrogens is 408 g/mol. The Balaban J connectivity index is 1.67. The van der Waals surface area contributed by atoms with Crippen molar-refractivity contribution in [3.05, 3.63) is 113 Å². The van der Waals surface area contributed by atoms with Crippen molar-refractivity contribution in [1.82, 2.24) is 0 Å². The smallest absolute Gasteiger partial charge is 0.282 e. The largest absolute Gasteiger partial charge is 0.350 e. The summed E-state index contributed by atoms with van der Waals surface area (Å²) in [6.07, 6.45) is 0. The fourth-order valence-electron chi connectivity index (χ4n) is 4.42. The number of imide groups is 1. The summed E-state index contributed by atoms with van der Waals surface area (Å²) in [5.74, 6) is -0.676. The molecule has 0 bridgehead atoms. The van der Waals surface area contributed by atoms with Crippen LogP contribution < -0.4 is 10.2 Å². The molecule has 4 aromatic carbocycles. The van der Waals surface area contributed by atoms with Crippen molar-refractivity contribution in [3.8, 4) is 0 Å². The number of hydrogen-bond acceptors (Lipinski definition) is 3. The summed E-state index contributed by atoms with van der Waals surface area (Å²) in [5, 5.41) is 5.37. The van der Waals surface area contributed by atoms with E-state index in [0.29, 0.717) is 22.5 Å². The number of benzene rings is 4. The van der Waals surface area contributed by atoms with E-state index in [1.165, 1.54) is 4.90 Å². The number of carbonyl (C=O) groups excluding carboxylic acids is 2. The molecule has 0 aromatic heterocycles. The van der Waals surface area contributed by atoms with Crippen molar-refractivity contribution in [1.29, 1.82) is 0 Å². The summed E-state index contributed by atoms with van der Waals surface area (Å²) < 4.78 is 0. The summed E-state index contributed by atoms with van der Waals surface area (Å²) in [5.41, 5.74) is 5.85. The minimum Gasteiger partial charge on any atom is -0.350 e. The van der Waals surface area contributed by atoms with E-state index in [4.69, 9.17) is 0 Å². The molecule has 0 unspecified atom stereocenters. The Morgan fingerprint density at radius 3 is 2.06 bits per heavy atom. The third kappa shape index (κ3) is 3.70. The van der Waals surface area contributed by atoms with Gasteiger partial charge < -0.3 is 5.32 Å². The highest BCUT2D eigenvalue weighted by Crippen LogP contribution is 2.35. The number of nitrogens with one attached hydrogen (secondary N) is 1. The number of carbonyl (C=O) groups is 2. The van der Waals surface area contributed by atoms with Crippen molar-refractivity contribution in [3.63, 3.8) is 0 Å². The molecule has 1 N–H and O–H groups in total. The van der Waals surface area contributed by atoms with Crippen molar-refractivity contribution in [2.75, 3.05) is 10.2 Å². The minimum absolute atomic E-state index is 0.291. The van der Waals surface area contributed by atoms with Gasteiger partial charge in [0.25, 0.3) is 11.8 Å². The van der Waals surface area contributed by atoms with Crippen LogP contribution in [0.5, 0.6) is 0 Å². The first-order chi connectivity index (χ1) is 15.9. The summed E-state index contributed by atoms with van der Waals surface area (Å²) in [6, 6.07) is 27.3. The van der Waals surface area contributed by atoms with Crippen molar-refractivity contribution >= 4 is 39.5 Å². The van der Waals surface area contributed by atoms with Crippen LogP contribution in [0.1, 0.15) is 22.3 Å². The second-order valence-corrected chi connectivity index (χ2v) is 8.56. The van der Waals surface area contributed by atoms with Crippen LogP contribution in [-0.2, 0) is 9.59 Å². The van der Waals surface area contributed by atoms with Crippen LogP contribution in [0, 0.1) is 20.8 Å². The Hall–Kier alpha value is -4.18. The Morgan fingerprint density at radius 2 is 1.33 bits per heavy atom. The molecule has 162 valence electrons. The summed E-state index contributed by atoms with van der Waals surface area (Å²) in [4.78, 5) is 28.7. The van der Waals surface area contributed by atoms with Gasteiger partial charge in [-0.3, -0.25) is 9.59 Å². The fraction of sp³-hybridized carbons (Fsp3) is 0.103. The number of fused-ring (bicyclic) bond motifs is 1. The Kier molecular flexibility index (Phi) is 5.06. The summed E-state index contributed by atoms with van der Waals surface area (Å²) >= 11 is 0. The maximum absolute atomic E-state index is 13.7. The monoisotopic (exact) mass is 432 g/mol. The van der Waals surface area contributed by atoms with Gasteiger partial charge in [-0.1, -0.05) is 72.3 Å². The molecule has 1 heterocycles. The highest BCUT2D eigenvalue weighted by molar-refractivity contribution is 6.46. The van der Waals surface area contributed by atoms with Gasteiger partial charge in [0.05, 0.1) is 11.3 Å². The first-order valence-corrected chi connectivity index (χ1v) is 11.0. The van der Waals surface area contributed by atoms with E-state index in [1.54, 1.807) is 0 Å². The second kappa shape index (κ2) is 8.06. The zero-order valence-corrected chi connectivity index (χ0v) is 18.8. The number of aryl methyl sites for hydroxylation is 3. The van der Waals surface area contributed by atoms with Gasteiger partial charge in [0, 0.05) is 11.1 Å². The lowest BCUT2D eigenvalue weighted by atomic mass is 10.0. The van der Waals surface area contributed by atoms with Gasteiger partial charge in [0.2, 0.25) is 0 Å². The number of nitrogens with zero attached hydrogens (tertiary/aromatic N) is 1. The predicted octanol–water partition coefficient (Wildman–Crippen LogP) is 6.16. The zero-order valence-electron chi connectivity index (χ0n) is 18.8. The number of hydrogen-bond donors (Lipinski definition) is 1. The van der Waals surface area contributed by atoms with Crippen molar-refractivity contribution in [2.45, 2.75) is 20.8 Å². The van der Waals surface area contributed by atoms with E-state index in [1.807, 2.05) is 106 Å². The Morgan fingerprint density at radius 1 is 0.667 bits per heavy atom. The van der Waals surface area contributed by atoms with Crippen LogP contribution in [0.3, 0.4) is 0 Å². The number of amides is 2. The standard InChI is InChI=1S/C29H24N2O2/c1-18-11-13-22(14-12-18)26-27(30-25-10-6-8-21-7-4-5-9-24(21)25)29(33)31(28(26)32)23-16-19(2)15-20(3)17-23/h4-17,30H,1-3H3. The summed E-state index contributed by atoms with van der Waals surface area (Å²) in [6.45, 7) is 5.92. The van der Waals surface area contributed by atoms with E-state index in [0.717, 1.165) is 33.2 Å². The lowest BCUT2D eigenvalue weighted by Gasteiger charge is -2.17. The molecule has 1 aliphatic rings. The molecule has 4 nitrogen and oxygen atoms in total. The average Bonchev–Trinajstić information content (AvgIpc) is 3.03. The van der Waals surface area contributed by atoms with Gasteiger partial charge in [-0.05, 0) is 61.0 Å². The highest BCUT2D eigenvalue weighted by Gasteiger charge is 2.40. The molecule has 2 amide bonds. The lowest BCUT2D eigenvalue weighted by molar-refractivity contribution is -0.120. The molecule has 0 atom stereocenters. The molecule has 33 heavy (non-hydrogen) atoms. The zero-order chi connectivity index (χ0) is 23.1. The SMILES string of the molecule is Cc1ccc(C2=C(Nc3cccc4ccccc34)C(=O)N(c3cc(C)cc(C)c3)C2=O)cc1. The highest BCUT2D eigenvalue weighted by atomic mass is 16.2. The molecule has 4 aromatic rings. The molecule has 1 aliphatic heterocycles. The number of anilines is 2. The van der Waals surface area contributed by atoms with Gasteiger partial charge in [-0.2, -0.15) is 0 Å². The topological polar surface area (TPSA) is 49.4 Å². The average molecular weight is 433 g/mol. The van der Waals surface area contributed by atoms with E-state index in [9.17, 15) is 9.59 Å².